The average molecular weight is 229 g/mol. The van der Waals surface area contributed by atoms with Gasteiger partial charge in [-0.15, -0.1) is 0 Å². The van der Waals surface area contributed by atoms with E-state index in [2.05, 4.69) is 27.3 Å². The minimum absolute atomic E-state index is 0.647. The molecular formula is C12H15N5. The second-order valence-electron chi connectivity index (χ2n) is 3.71. The van der Waals surface area contributed by atoms with E-state index in [0.29, 0.717) is 11.6 Å². The van der Waals surface area contributed by atoms with Crippen molar-refractivity contribution in [1.29, 1.82) is 0 Å². The van der Waals surface area contributed by atoms with Gasteiger partial charge >= 0.3 is 0 Å². The van der Waals surface area contributed by atoms with Crippen LogP contribution in [-0.4, -0.2) is 15.0 Å². The minimum Gasteiger partial charge on any atom is -0.308 e. The summed E-state index contributed by atoms with van der Waals surface area (Å²) in [4.78, 5) is 13.0. The van der Waals surface area contributed by atoms with E-state index in [1.807, 2.05) is 19.1 Å². The number of hydrazine groups is 1. The molecule has 0 bridgehead atoms. The van der Waals surface area contributed by atoms with Gasteiger partial charge in [0.15, 0.2) is 5.82 Å². The van der Waals surface area contributed by atoms with Gasteiger partial charge in [0.1, 0.15) is 5.82 Å². The Labute approximate surface area is 100 Å². The monoisotopic (exact) mass is 229 g/mol. The van der Waals surface area contributed by atoms with Crippen LogP contribution < -0.4 is 11.3 Å². The van der Waals surface area contributed by atoms with E-state index < -0.39 is 0 Å². The lowest BCUT2D eigenvalue weighted by atomic mass is 10.1. The quantitative estimate of drug-likeness (QED) is 0.618. The van der Waals surface area contributed by atoms with E-state index in [1.54, 1.807) is 12.4 Å². The second kappa shape index (κ2) is 4.88. The molecule has 0 atom stereocenters. The Morgan fingerprint density at radius 3 is 2.76 bits per heavy atom. The highest BCUT2D eigenvalue weighted by atomic mass is 15.3. The molecule has 5 heteroatoms. The zero-order valence-electron chi connectivity index (χ0n) is 9.94. The number of anilines is 1. The molecule has 0 saturated carbocycles. The van der Waals surface area contributed by atoms with Crippen LogP contribution in [0.1, 0.15) is 18.2 Å². The summed E-state index contributed by atoms with van der Waals surface area (Å²) in [6, 6.07) is 3.79. The summed E-state index contributed by atoms with van der Waals surface area (Å²) in [6.45, 7) is 4.02. The Hall–Kier alpha value is -2.01. The van der Waals surface area contributed by atoms with Crippen LogP contribution in [-0.2, 0) is 6.42 Å². The first-order chi connectivity index (χ1) is 8.26. The third-order valence-corrected chi connectivity index (χ3v) is 2.64. The van der Waals surface area contributed by atoms with Crippen molar-refractivity contribution in [3.63, 3.8) is 0 Å². The van der Waals surface area contributed by atoms with Gasteiger partial charge in [0, 0.05) is 29.2 Å². The Morgan fingerprint density at radius 1 is 1.35 bits per heavy atom. The molecule has 3 N–H and O–H groups in total. The molecule has 0 aliphatic carbocycles. The first-order valence-electron chi connectivity index (χ1n) is 5.50. The summed E-state index contributed by atoms with van der Waals surface area (Å²) in [5, 5.41) is 0. The van der Waals surface area contributed by atoms with Crippen LogP contribution in [0.15, 0.2) is 24.5 Å². The molecular weight excluding hydrogens is 214 g/mol. The second-order valence-corrected chi connectivity index (χ2v) is 3.71. The van der Waals surface area contributed by atoms with Gasteiger partial charge in [-0.05, 0) is 25.5 Å². The van der Waals surface area contributed by atoms with Gasteiger partial charge in [-0.1, -0.05) is 6.92 Å². The number of nitrogens with zero attached hydrogens (tertiary/aromatic N) is 3. The lowest BCUT2D eigenvalue weighted by Gasteiger charge is -2.10. The van der Waals surface area contributed by atoms with Gasteiger partial charge in [-0.25, -0.2) is 15.8 Å². The van der Waals surface area contributed by atoms with E-state index >= 15 is 0 Å². The number of hydrogen-bond donors (Lipinski definition) is 2. The fourth-order valence-electron chi connectivity index (χ4n) is 1.67. The molecule has 2 rings (SSSR count). The molecule has 5 nitrogen and oxygen atoms in total. The van der Waals surface area contributed by atoms with Crippen molar-refractivity contribution in [2.24, 2.45) is 5.84 Å². The highest BCUT2D eigenvalue weighted by Gasteiger charge is 2.10. The van der Waals surface area contributed by atoms with Crippen molar-refractivity contribution in [3.05, 3.63) is 35.8 Å². The molecule has 0 fully saturated rings. The first kappa shape index (κ1) is 11.5. The SMILES string of the molecule is CCc1nc(-c2cccnc2)nc(NN)c1C. The molecule has 0 amide bonds. The van der Waals surface area contributed by atoms with E-state index in [-0.39, 0.29) is 0 Å². The van der Waals surface area contributed by atoms with Gasteiger partial charge in [-0.3, -0.25) is 4.98 Å². The summed E-state index contributed by atoms with van der Waals surface area (Å²) >= 11 is 0. The van der Waals surface area contributed by atoms with Crippen LogP contribution >= 0.6 is 0 Å². The topological polar surface area (TPSA) is 76.7 Å². The van der Waals surface area contributed by atoms with E-state index in [0.717, 1.165) is 23.2 Å². The molecule has 0 aliphatic rings. The van der Waals surface area contributed by atoms with Crippen LogP contribution in [0.5, 0.6) is 0 Å². The van der Waals surface area contributed by atoms with Gasteiger partial charge < -0.3 is 5.43 Å². The zero-order valence-corrected chi connectivity index (χ0v) is 9.94. The van der Waals surface area contributed by atoms with Crippen molar-refractivity contribution in [3.8, 4) is 11.4 Å². The van der Waals surface area contributed by atoms with Gasteiger partial charge in [0.05, 0.1) is 0 Å². The van der Waals surface area contributed by atoms with E-state index in [9.17, 15) is 0 Å². The largest absolute Gasteiger partial charge is 0.308 e. The molecule has 2 aromatic heterocycles. The fraction of sp³-hybridized carbons (Fsp3) is 0.250. The number of rotatable bonds is 3. The summed E-state index contributed by atoms with van der Waals surface area (Å²) in [5.74, 6) is 6.77. The van der Waals surface area contributed by atoms with Crippen molar-refractivity contribution in [2.45, 2.75) is 20.3 Å². The number of aryl methyl sites for hydroxylation is 1. The van der Waals surface area contributed by atoms with E-state index in [1.165, 1.54) is 0 Å². The fourth-order valence-corrected chi connectivity index (χ4v) is 1.67. The maximum absolute atomic E-state index is 5.47. The lowest BCUT2D eigenvalue weighted by molar-refractivity contribution is 0.972. The molecule has 0 aromatic carbocycles. The normalized spacial score (nSPS) is 10.3. The highest BCUT2D eigenvalue weighted by molar-refractivity contribution is 5.58. The predicted octanol–water partition coefficient (Wildman–Crippen LogP) is 1.70. The van der Waals surface area contributed by atoms with Crippen LogP contribution in [0.3, 0.4) is 0 Å². The molecule has 0 saturated heterocycles. The van der Waals surface area contributed by atoms with E-state index in [4.69, 9.17) is 5.84 Å². The summed E-state index contributed by atoms with van der Waals surface area (Å²) in [5.41, 5.74) is 5.48. The smallest absolute Gasteiger partial charge is 0.163 e. The summed E-state index contributed by atoms with van der Waals surface area (Å²) < 4.78 is 0. The van der Waals surface area contributed by atoms with Crippen LogP contribution in [0.2, 0.25) is 0 Å². The Bertz CT molecular complexity index is 485. The van der Waals surface area contributed by atoms with Gasteiger partial charge in [-0.2, -0.15) is 0 Å². The lowest BCUT2D eigenvalue weighted by Crippen LogP contribution is -2.13. The van der Waals surface area contributed by atoms with Crippen molar-refractivity contribution in [1.82, 2.24) is 15.0 Å². The predicted molar refractivity (Wildman–Crippen MR) is 67.2 cm³/mol. The standard InChI is InChI=1S/C12H15N5/c1-3-10-8(2)11(17-13)16-12(15-10)9-5-4-6-14-7-9/h4-7H,3,13H2,1-2H3,(H,15,16,17). The third-order valence-electron chi connectivity index (χ3n) is 2.64. The molecule has 0 radical (unpaired) electrons. The van der Waals surface area contributed by atoms with Crippen molar-refractivity contribution < 1.29 is 0 Å². The van der Waals surface area contributed by atoms with Gasteiger partial charge in [0.25, 0.3) is 0 Å². The number of hydrogen-bond acceptors (Lipinski definition) is 5. The Kier molecular flexibility index (Phi) is 3.30. The average Bonchev–Trinajstić information content (AvgIpc) is 2.40. The van der Waals surface area contributed by atoms with Crippen molar-refractivity contribution in [2.75, 3.05) is 5.43 Å². The molecule has 0 spiro atoms. The number of nitrogens with two attached hydrogens (primary N) is 1. The molecule has 0 aliphatic heterocycles. The zero-order chi connectivity index (χ0) is 12.3. The number of nitrogen functional groups attached to an aromatic ring is 1. The summed E-state index contributed by atoms with van der Waals surface area (Å²) in [6.07, 6.45) is 4.31. The van der Waals surface area contributed by atoms with Crippen molar-refractivity contribution >= 4 is 5.82 Å². The van der Waals surface area contributed by atoms with Gasteiger partial charge in [0.2, 0.25) is 0 Å². The molecule has 2 aromatic rings. The Balaban J connectivity index is 2.56. The van der Waals surface area contributed by atoms with Crippen LogP contribution in [0.4, 0.5) is 5.82 Å². The molecule has 2 heterocycles. The molecule has 17 heavy (non-hydrogen) atoms. The Morgan fingerprint density at radius 2 is 2.18 bits per heavy atom. The highest BCUT2D eigenvalue weighted by Crippen LogP contribution is 2.20. The van der Waals surface area contributed by atoms with Crippen LogP contribution in [0.25, 0.3) is 11.4 Å². The summed E-state index contributed by atoms with van der Waals surface area (Å²) in [7, 11) is 0. The number of nitrogens with one attached hydrogen (secondary N) is 1. The maximum Gasteiger partial charge on any atom is 0.163 e. The number of aromatic nitrogens is 3. The molecule has 88 valence electrons. The minimum atomic E-state index is 0.647. The maximum atomic E-state index is 5.47. The third kappa shape index (κ3) is 2.24. The number of pyridine rings is 1. The first-order valence-corrected chi connectivity index (χ1v) is 5.50. The van der Waals surface area contributed by atoms with Crippen LogP contribution in [0, 0.1) is 6.92 Å². The molecule has 0 unspecified atom stereocenters.